The lowest BCUT2D eigenvalue weighted by molar-refractivity contribution is -0.145. The van der Waals surface area contributed by atoms with Crippen molar-refractivity contribution in [3.8, 4) is 0 Å². The van der Waals surface area contributed by atoms with Crippen molar-refractivity contribution in [3.63, 3.8) is 0 Å². The minimum Gasteiger partial charge on any atom is -0.320 e. The maximum absolute atomic E-state index is 12.9. The standard InChI is InChI=1S/C18H18FN3O3/c19-11-5-7-12(8-6-11)20-18(25)21-9-13(10-21)22-16(23)14-3-1-2-4-15(14)17(22)24/h1-2,5-8,13-15H,3-4,9-10H2,(H,20,25)/t14-,15+. The molecule has 6 nitrogen and oxygen atoms in total. The smallest absolute Gasteiger partial charge is 0.320 e. The first kappa shape index (κ1) is 15.8. The lowest BCUT2D eigenvalue weighted by Gasteiger charge is -2.43. The summed E-state index contributed by atoms with van der Waals surface area (Å²) in [6, 6.07) is 4.94. The van der Waals surface area contributed by atoms with Gasteiger partial charge in [0, 0.05) is 18.8 Å². The van der Waals surface area contributed by atoms with E-state index in [2.05, 4.69) is 5.32 Å². The van der Waals surface area contributed by atoms with Crippen molar-refractivity contribution >= 4 is 23.5 Å². The molecule has 4 amide bonds. The first-order chi connectivity index (χ1) is 12.0. The Morgan fingerprint density at radius 2 is 1.56 bits per heavy atom. The molecule has 7 heteroatoms. The number of nitrogens with one attached hydrogen (secondary N) is 1. The molecule has 25 heavy (non-hydrogen) atoms. The van der Waals surface area contributed by atoms with E-state index in [1.165, 1.54) is 34.1 Å². The topological polar surface area (TPSA) is 69.7 Å². The maximum atomic E-state index is 12.9. The van der Waals surface area contributed by atoms with Crippen LogP contribution in [-0.2, 0) is 9.59 Å². The number of amides is 4. The number of imide groups is 1. The van der Waals surface area contributed by atoms with Crippen molar-refractivity contribution < 1.29 is 18.8 Å². The Morgan fingerprint density at radius 1 is 1.00 bits per heavy atom. The second-order valence-corrected chi connectivity index (χ2v) is 6.70. The van der Waals surface area contributed by atoms with Crippen molar-refractivity contribution in [2.24, 2.45) is 11.8 Å². The number of hydrogen-bond donors (Lipinski definition) is 1. The summed E-state index contributed by atoms with van der Waals surface area (Å²) in [5, 5.41) is 2.68. The Morgan fingerprint density at radius 3 is 2.12 bits per heavy atom. The summed E-state index contributed by atoms with van der Waals surface area (Å²) < 4.78 is 12.9. The van der Waals surface area contributed by atoms with E-state index < -0.39 is 0 Å². The van der Waals surface area contributed by atoms with Crippen molar-refractivity contribution in [3.05, 3.63) is 42.2 Å². The number of nitrogens with zero attached hydrogens (tertiary/aromatic N) is 2. The van der Waals surface area contributed by atoms with Gasteiger partial charge < -0.3 is 10.2 Å². The second kappa shape index (κ2) is 5.98. The minimum atomic E-state index is -0.371. The van der Waals surface area contributed by atoms with Gasteiger partial charge in [-0.3, -0.25) is 14.5 Å². The van der Waals surface area contributed by atoms with Crippen molar-refractivity contribution in [1.82, 2.24) is 9.80 Å². The third-order valence-electron chi connectivity index (χ3n) is 5.15. The van der Waals surface area contributed by atoms with Gasteiger partial charge in [0.25, 0.3) is 0 Å². The summed E-state index contributed by atoms with van der Waals surface area (Å²) in [5.41, 5.74) is 0.500. The van der Waals surface area contributed by atoms with Crippen LogP contribution in [0.3, 0.4) is 0 Å². The molecule has 0 spiro atoms. The van der Waals surface area contributed by atoms with Gasteiger partial charge in [-0.05, 0) is 37.1 Å². The number of anilines is 1. The van der Waals surface area contributed by atoms with E-state index in [1.54, 1.807) is 0 Å². The van der Waals surface area contributed by atoms with Gasteiger partial charge in [0.15, 0.2) is 0 Å². The van der Waals surface area contributed by atoms with E-state index >= 15 is 0 Å². The van der Waals surface area contributed by atoms with Gasteiger partial charge in [-0.25, -0.2) is 9.18 Å². The minimum absolute atomic E-state index is 0.108. The number of likely N-dealkylation sites (tertiary alicyclic amines) is 2. The molecule has 4 rings (SSSR count). The summed E-state index contributed by atoms with van der Waals surface area (Å²) >= 11 is 0. The molecule has 1 aromatic carbocycles. The molecule has 2 saturated heterocycles. The van der Waals surface area contributed by atoms with Crippen molar-refractivity contribution in [2.45, 2.75) is 18.9 Å². The number of fused-ring (bicyclic) bond motifs is 1. The van der Waals surface area contributed by atoms with Crippen LogP contribution in [0.1, 0.15) is 12.8 Å². The van der Waals surface area contributed by atoms with Gasteiger partial charge in [-0.2, -0.15) is 0 Å². The van der Waals surface area contributed by atoms with Crippen LogP contribution in [0.4, 0.5) is 14.9 Å². The molecule has 0 unspecified atom stereocenters. The van der Waals surface area contributed by atoms with Crippen LogP contribution in [0.15, 0.2) is 36.4 Å². The Kier molecular flexibility index (Phi) is 3.78. The molecule has 0 saturated carbocycles. The molecule has 2 heterocycles. The van der Waals surface area contributed by atoms with E-state index in [0.29, 0.717) is 31.6 Å². The Balaban J connectivity index is 1.35. The van der Waals surface area contributed by atoms with Gasteiger partial charge in [-0.1, -0.05) is 12.2 Å². The molecule has 0 bridgehead atoms. The third-order valence-corrected chi connectivity index (χ3v) is 5.15. The van der Waals surface area contributed by atoms with Crippen LogP contribution in [0.2, 0.25) is 0 Å². The van der Waals surface area contributed by atoms with Gasteiger partial charge in [0.2, 0.25) is 11.8 Å². The van der Waals surface area contributed by atoms with Crippen molar-refractivity contribution in [2.75, 3.05) is 18.4 Å². The van der Waals surface area contributed by atoms with E-state index in [0.717, 1.165) is 0 Å². The fourth-order valence-corrected chi connectivity index (χ4v) is 3.71. The van der Waals surface area contributed by atoms with Gasteiger partial charge in [0.05, 0.1) is 17.9 Å². The fourth-order valence-electron chi connectivity index (χ4n) is 3.71. The van der Waals surface area contributed by atoms with Crippen LogP contribution in [-0.4, -0.2) is 46.8 Å². The third kappa shape index (κ3) is 2.69. The Hall–Kier alpha value is -2.70. The van der Waals surface area contributed by atoms with Gasteiger partial charge in [-0.15, -0.1) is 0 Å². The largest absolute Gasteiger partial charge is 0.321 e. The number of carbonyl (C=O) groups is 3. The molecular formula is C18H18FN3O3. The summed E-state index contributed by atoms with van der Waals surface area (Å²) in [4.78, 5) is 40.1. The fraction of sp³-hybridized carbons (Fsp3) is 0.389. The van der Waals surface area contributed by atoms with Crippen LogP contribution in [0.25, 0.3) is 0 Å². The van der Waals surface area contributed by atoms with E-state index in [4.69, 9.17) is 0 Å². The number of rotatable bonds is 2. The number of hydrogen-bond acceptors (Lipinski definition) is 3. The normalized spacial score (nSPS) is 25.8. The highest BCUT2D eigenvalue weighted by molar-refractivity contribution is 6.06. The lowest BCUT2D eigenvalue weighted by atomic mass is 9.85. The number of carbonyl (C=O) groups excluding carboxylic acids is 3. The molecule has 1 aromatic rings. The average molecular weight is 343 g/mol. The number of halogens is 1. The highest BCUT2D eigenvalue weighted by Crippen LogP contribution is 2.37. The highest BCUT2D eigenvalue weighted by Gasteiger charge is 2.52. The average Bonchev–Trinajstić information content (AvgIpc) is 2.81. The second-order valence-electron chi connectivity index (χ2n) is 6.70. The predicted molar refractivity (Wildman–Crippen MR) is 88.0 cm³/mol. The SMILES string of the molecule is O=C(Nc1ccc(F)cc1)N1CC(N2C(=O)[C@H]3CC=CC[C@H]3C2=O)C1. The summed E-state index contributed by atoms with van der Waals surface area (Å²) in [7, 11) is 0. The Bertz CT molecular complexity index is 729. The molecule has 130 valence electrons. The Labute approximate surface area is 144 Å². The van der Waals surface area contributed by atoms with Crippen LogP contribution >= 0.6 is 0 Å². The molecule has 1 aliphatic carbocycles. The van der Waals surface area contributed by atoms with Crippen LogP contribution < -0.4 is 5.32 Å². The molecule has 0 radical (unpaired) electrons. The lowest BCUT2D eigenvalue weighted by Crippen LogP contribution is -2.63. The van der Waals surface area contributed by atoms with E-state index in [9.17, 15) is 18.8 Å². The summed E-state index contributed by atoms with van der Waals surface area (Å²) in [5.74, 6) is -1.06. The first-order valence-electron chi connectivity index (χ1n) is 8.38. The monoisotopic (exact) mass is 343 g/mol. The van der Waals surface area contributed by atoms with Gasteiger partial charge in [0.1, 0.15) is 5.82 Å². The van der Waals surface area contributed by atoms with E-state index in [1.807, 2.05) is 12.2 Å². The molecule has 2 aliphatic heterocycles. The highest BCUT2D eigenvalue weighted by atomic mass is 19.1. The summed E-state index contributed by atoms with van der Waals surface area (Å²) in [6.45, 7) is 0.661. The molecular weight excluding hydrogens is 325 g/mol. The zero-order valence-electron chi connectivity index (χ0n) is 13.5. The predicted octanol–water partition coefficient (Wildman–Crippen LogP) is 1.99. The molecule has 1 N–H and O–H groups in total. The van der Waals surface area contributed by atoms with Crippen LogP contribution in [0.5, 0.6) is 0 Å². The van der Waals surface area contributed by atoms with Gasteiger partial charge >= 0.3 is 6.03 Å². The maximum Gasteiger partial charge on any atom is 0.321 e. The van der Waals surface area contributed by atoms with Crippen molar-refractivity contribution in [1.29, 1.82) is 0 Å². The van der Waals surface area contributed by atoms with E-state index in [-0.39, 0.29) is 41.5 Å². The molecule has 2 atom stereocenters. The number of allylic oxidation sites excluding steroid dienone is 2. The summed E-state index contributed by atoms with van der Waals surface area (Å²) in [6.07, 6.45) is 5.15. The molecule has 3 aliphatic rings. The molecule has 0 aromatic heterocycles. The van der Waals surface area contributed by atoms with Crippen LogP contribution in [0, 0.1) is 17.7 Å². The number of urea groups is 1. The number of benzene rings is 1. The quantitative estimate of drug-likeness (QED) is 0.659. The zero-order chi connectivity index (χ0) is 17.6. The zero-order valence-corrected chi connectivity index (χ0v) is 13.5. The first-order valence-corrected chi connectivity index (χ1v) is 8.38. The molecule has 2 fully saturated rings.